The molecular formula is C42H54ClNO6. The summed E-state index contributed by atoms with van der Waals surface area (Å²) in [6.07, 6.45) is 17.6. The molecule has 6 aliphatic rings. The molecule has 7 atom stereocenters. The summed E-state index contributed by atoms with van der Waals surface area (Å²) in [7, 11) is 6.79. The van der Waals surface area contributed by atoms with Crippen molar-refractivity contribution in [3.05, 3.63) is 58.2 Å². The van der Waals surface area contributed by atoms with E-state index < -0.39 is 5.60 Å². The van der Waals surface area contributed by atoms with Crippen molar-refractivity contribution in [1.29, 1.82) is 0 Å². The zero-order valence-electron chi connectivity index (χ0n) is 30.6. The molecule has 50 heavy (non-hydrogen) atoms. The molecule has 2 aromatic carbocycles. The van der Waals surface area contributed by atoms with E-state index >= 15 is 0 Å². The Morgan fingerprint density at radius 2 is 1.58 bits per heavy atom. The second-order valence-corrected chi connectivity index (χ2v) is 15.8. The summed E-state index contributed by atoms with van der Waals surface area (Å²) in [5, 5.41) is 11.0. The lowest BCUT2D eigenvalue weighted by molar-refractivity contribution is -0.119. The average molecular weight is 704 g/mol. The third kappa shape index (κ3) is 5.61. The van der Waals surface area contributed by atoms with Crippen molar-refractivity contribution in [1.82, 2.24) is 4.90 Å². The summed E-state index contributed by atoms with van der Waals surface area (Å²) in [6, 6.07) is 8.81. The SMILES string of the molecule is C#C[C@]1(O)CC[C@H]2[C@@H]3CCC4=CC(=O)CC[C@]4(C)[C@H]3CC[C@@]21C.COc1cc2c(cc1OC)C1Cc3ccc(OC)c(OC)c3CN1CC2.Cl. The van der Waals surface area contributed by atoms with Gasteiger partial charge in [-0.05, 0) is 122 Å². The minimum absolute atomic E-state index is 0. The van der Waals surface area contributed by atoms with E-state index in [1.54, 1.807) is 28.4 Å². The fraction of sp³-hybridized carbons (Fsp3) is 0.595. The minimum atomic E-state index is -0.914. The Bertz CT molecular complexity index is 1710. The molecule has 3 saturated carbocycles. The fourth-order valence-electron chi connectivity index (χ4n) is 11.1. The molecule has 1 N–H and O–H groups in total. The molecule has 8 rings (SSSR count). The van der Waals surface area contributed by atoms with Gasteiger partial charge in [-0.2, -0.15) is 0 Å². The molecule has 1 unspecified atom stereocenters. The Morgan fingerprint density at radius 3 is 2.28 bits per heavy atom. The van der Waals surface area contributed by atoms with Gasteiger partial charge in [0, 0.05) is 36.5 Å². The largest absolute Gasteiger partial charge is 0.493 e. The van der Waals surface area contributed by atoms with Crippen molar-refractivity contribution in [2.45, 2.75) is 96.2 Å². The molecule has 0 saturated heterocycles. The number of halogens is 1. The second kappa shape index (κ2) is 13.7. The summed E-state index contributed by atoms with van der Waals surface area (Å²) in [6.45, 7) is 6.52. The number of terminal acetylenes is 1. The molecule has 0 bridgehead atoms. The molecule has 270 valence electrons. The highest BCUT2D eigenvalue weighted by atomic mass is 35.5. The molecule has 0 spiro atoms. The topological polar surface area (TPSA) is 77.5 Å². The first-order chi connectivity index (χ1) is 23.5. The van der Waals surface area contributed by atoms with Crippen LogP contribution in [0.2, 0.25) is 0 Å². The smallest absolute Gasteiger partial charge is 0.165 e. The number of carbonyl (C=O) groups excluding carboxylic acids is 1. The van der Waals surface area contributed by atoms with Crippen LogP contribution in [0.15, 0.2) is 35.9 Å². The number of benzene rings is 2. The molecule has 2 aliphatic heterocycles. The van der Waals surface area contributed by atoms with Crippen molar-refractivity contribution in [3.63, 3.8) is 0 Å². The zero-order valence-corrected chi connectivity index (χ0v) is 31.4. The van der Waals surface area contributed by atoms with E-state index in [0.29, 0.717) is 36.0 Å². The molecule has 3 fully saturated rings. The predicted octanol–water partition coefficient (Wildman–Crippen LogP) is 7.68. The van der Waals surface area contributed by atoms with Gasteiger partial charge in [0.15, 0.2) is 28.8 Å². The molecule has 7 nitrogen and oxygen atoms in total. The number of fused-ring (bicyclic) bond motifs is 9. The van der Waals surface area contributed by atoms with Gasteiger partial charge in [-0.1, -0.05) is 31.4 Å². The van der Waals surface area contributed by atoms with E-state index in [2.05, 4.69) is 42.9 Å². The number of nitrogens with zero attached hydrogens (tertiary/aromatic N) is 1. The molecule has 2 heterocycles. The van der Waals surface area contributed by atoms with Gasteiger partial charge >= 0.3 is 0 Å². The summed E-state index contributed by atoms with van der Waals surface area (Å²) in [4.78, 5) is 14.4. The van der Waals surface area contributed by atoms with E-state index in [1.807, 2.05) is 12.1 Å². The lowest BCUT2D eigenvalue weighted by Gasteiger charge is -2.58. The Balaban J connectivity index is 0.000000171. The van der Waals surface area contributed by atoms with Gasteiger partial charge < -0.3 is 24.1 Å². The summed E-state index contributed by atoms with van der Waals surface area (Å²) in [5.74, 6) is 8.19. The Labute approximate surface area is 304 Å². The number of hydrogen-bond donors (Lipinski definition) is 1. The Kier molecular flexibility index (Phi) is 10.1. The van der Waals surface area contributed by atoms with E-state index in [4.69, 9.17) is 25.4 Å². The maximum absolute atomic E-state index is 11.8. The highest BCUT2D eigenvalue weighted by molar-refractivity contribution is 5.91. The summed E-state index contributed by atoms with van der Waals surface area (Å²) in [5.41, 5.74) is 5.84. The monoisotopic (exact) mass is 703 g/mol. The van der Waals surface area contributed by atoms with Crippen molar-refractivity contribution < 1.29 is 28.8 Å². The molecule has 0 aromatic heterocycles. The number of ketones is 1. The van der Waals surface area contributed by atoms with Gasteiger partial charge in [0.1, 0.15) is 5.60 Å². The van der Waals surface area contributed by atoms with Crippen LogP contribution in [-0.4, -0.2) is 56.4 Å². The second-order valence-electron chi connectivity index (χ2n) is 15.8. The van der Waals surface area contributed by atoms with Crippen LogP contribution in [0.25, 0.3) is 0 Å². The summed E-state index contributed by atoms with van der Waals surface area (Å²) >= 11 is 0. The van der Waals surface area contributed by atoms with Crippen molar-refractivity contribution in [3.8, 4) is 35.3 Å². The summed E-state index contributed by atoms with van der Waals surface area (Å²) < 4.78 is 22.2. The zero-order chi connectivity index (χ0) is 34.7. The lowest BCUT2D eigenvalue weighted by atomic mass is 9.46. The van der Waals surface area contributed by atoms with E-state index in [-0.39, 0.29) is 23.2 Å². The van der Waals surface area contributed by atoms with E-state index in [1.165, 1.54) is 34.2 Å². The number of ether oxygens (including phenoxy) is 4. The van der Waals surface area contributed by atoms with Crippen LogP contribution in [0.1, 0.15) is 93.5 Å². The van der Waals surface area contributed by atoms with Crippen LogP contribution >= 0.6 is 12.4 Å². The highest BCUT2D eigenvalue weighted by Crippen LogP contribution is 2.67. The van der Waals surface area contributed by atoms with Gasteiger partial charge in [-0.3, -0.25) is 9.69 Å². The normalized spacial score (nSPS) is 33.5. The van der Waals surface area contributed by atoms with Crippen LogP contribution in [0.5, 0.6) is 23.0 Å². The van der Waals surface area contributed by atoms with Crippen LogP contribution < -0.4 is 18.9 Å². The molecule has 2 aromatic rings. The van der Waals surface area contributed by atoms with Gasteiger partial charge in [0.05, 0.1) is 28.4 Å². The first-order valence-electron chi connectivity index (χ1n) is 18.2. The van der Waals surface area contributed by atoms with Crippen molar-refractivity contribution in [2.75, 3.05) is 35.0 Å². The van der Waals surface area contributed by atoms with Gasteiger partial charge in [-0.25, -0.2) is 0 Å². The average Bonchev–Trinajstić information content (AvgIpc) is 3.40. The minimum Gasteiger partial charge on any atom is -0.493 e. The van der Waals surface area contributed by atoms with Crippen LogP contribution in [0.4, 0.5) is 0 Å². The first-order valence-corrected chi connectivity index (χ1v) is 18.2. The highest BCUT2D eigenvalue weighted by Gasteiger charge is 2.63. The van der Waals surface area contributed by atoms with Crippen molar-refractivity contribution in [2.24, 2.45) is 28.6 Å². The fourth-order valence-corrected chi connectivity index (χ4v) is 11.1. The van der Waals surface area contributed by atoms with Crippen molar-refractivity contribution >= 4 is 18.2 Å². The number of rotatable bonds is 4. The third-order valence-corrected chi connectivity index (χ3v) is 14.0. The molecular weight excluding hydrogens is 650 g/mol. The van der Waals surface area contributed by atoms with Crippen LogP contribution in [0.3, 0.4) is 0 Å². The quantitative estimate of drug-likeness (QED) is 0.328. The van der Waals surface area contributed by atoms with E-state index in [9.17, 15) is 9.90 Å². The van der Waals surface area contributed by atoms with Gasteiger partial charge in [-0.15, -0.1) is 18.8 Å². The number of methoxy groups -OCH3 is 4. The number of carbonyl (C=O) groups is 1. The molecule has 8 heteroatoms. The maximum Gasteiger partial charge on any atom is 0.165 e. The molecule has 4 aliphatic carbocycles. The number of hydrogen-bond acceptors (Lipinski definition) is 7. The molecule has 0 amide bonds. The standard InChI is InChI=1S/C21H25NO4.C21H28O2.ClH/c1-23-18-6-5-13-9-17-15-11-20(25-3)19(24-2)10-14(15)7-8-22(17)12-16(13)21(18)26-4;1-4-21(23)12-9-18-16-6-5-14-13-15(22)7-10-19(14,2)17(16)8-11-20(18,21)3;/h5-6,10-11,17H,7-9,12H2,1-4H3;1,13,16-18,23H,5-12H2,2-3H3;1H/t;16-,17+,18+,19+,20+,21+;/m.1./s1. The third-order valence-electron chi connectivity index (χ3n) is 14.0. The van der Waals surface area contributed by atoms with Gasteiger partial charge in [0.25, 0.3) is 0 Å². The molecule has 0 radical (unpaired) electrons. The predicted molar refractivity (Wildman–Crippen MR) is 197 cm³/mol. The van der Waals surface area contributed by atoms with Gasteiger partial charge in [0.2, 0.25) is 0 Å². The maximum atomic E-state index is 11.8. The first kappa shape index (κ1) is 36.6. The Hall–Kier alpha value is -3.18. The van der Waals surface area contributed by atoms with E-state index in [0.717, 1.165) is 87.5 Å². The number of allylic oxidation sites excluding steroid dienone is 1. The van der Waals surface area contributed by atoms with Crippen LogP contribution in [-0.2, 0) is 24.2 Å². The lowest BCUT2D eigenvalue weighted by Crippen LogP contribution is -2.54. The Morgan fingerprint density at radius 1 is 0.860 bits per heavy atom. The number of aliphatic hydroxyl groups is 1. The van der Waals surface area contributed by atoms with Crippen LogP contribution in [0, 0.1) is 40.9 Å².